The summed E-state index contributed by atoms with van der Waals surface area (Å²) >= 11 is 0. The highest BCUT2D eigenvalue weighted by molar-refractivity contribution is 7.46. The summed E-state index contributed by atoms with van der Waals surface area (Å²) in [5.41, 5.74) is -5.51. The number of anilines is 1. The lowest BCUT2D eigenvalue weighted by atomic mass is 9.97. The van der Waals surface area contributed by atoms with Gasteiger partial charge in [-0.1, -0.05) is 44.2 Å². The maximum absolute atomic E-state index is 16.5. The first-order valence-electron chi connectivity index (χ1n) is 19.5. The third-order valence-corrected chi connectivity index (χ3v) is 11.1. The van der Waals surface area contributed by atoms with Gasteiger partial charge in [0.1, 0.15) is 24.0 Å². The molecule has 12 nitrogen and oxygen atoms in total. The number of nitrogens with one attached hydrogen (secondary N) is 2. The van der Waals surface area contributed by atoms with Crippen molar-refractivity contribution in [2.75, 3.05) is 5.32 Å². The number of aryl methyl sites for hydroxylation is 2. The molecule has 0 bridgehead atoms. The number of para-hydroxylation sites is 1. The van der Waals surface area contributed by atoms with Crippen LogP contribution in [0.2, 0.25) is 0 Å². The van der Waals surface area contributed by atoms with Crippen LogP contribution in [0, 0.1) is 11.6 Å². The van der Waals surface area contributed by atoms with Crippen LogP contribution in [0.4, 0.5) is 63.6 Å². The van der Waals surface area contributed by atoms with Gasteiger partial charge >= 0.3 is 38.5 Å². The zero-order chi connectivity index (χ0) is 48.9. The van der Waals surface area contributed by atoms with Crippen molar-refractivity contribution in [3.63, 3.8) is 0 Å². The predicted molar refractivity (Wildman–Crippen MR) is 213 cm³/mol. The van der Waals surface area contributed by atoms with Crippen LogP contribution in [0.25, 0.3) is 16.9 Å². The fraction of sp³-hybridized carbons (Fsp3) is 0.310. The molecule has 2 heterocycles. The minimum atomic E-state index is -5.40. The maximum Gasteiger partial charge on any atom is 0.524 e. The molecule has 354 valence electrons. The number of imide groups is 1. The lowest BCUT2D eigenvalue weighted by Gasteiger charge is -2.33. The number of aromatic nitrogens is 2. The molecule has 1 aromatic heterocycles. The number of amides is 3. The molecule has 66 heavy (non-hydrogen) atoms. The van der Waals surface area contributed by atoms with E-state index in [9.17, 15) is 53.7 Å². The maximum atomic E-state index is 16.5. The Labute approximate surface area is 367 Å². The summed E-state index contributed by atoms with van der Waals surface area (Å²) in [6, 6.07) is 8.28. The molecule has 0 aliphatic carbocycles. The van der Waals surface area contributed by atoms with Crippen molar-refractivity contribution in [2.45, 2.75) is 84.3 Å². The van der Waals surface area contributed by atoms with E-state index in [2.05, 4.69) is 4.52 Å². The smallest absolute Gasteiger partial charge is 0.444 e. The quantitative estimate of drug-likeness (QED) is 0.0748. The molecule has 6 rings (SSSR count). The number of carbonyl (C=O) groups excluding carboxylic acids is 2. The lowest BCUT2D eigenvalue weighted by Crippen LogP contribution is -2.36. The van der Waals surface area contributed by atoms with Crippen LogP contribution in [0.5, 0.6) is 5.75 Å². The van der Waals surface area contributed by atoms with E-state index in [1.54, 1.807) is 37.4 Å². The van der Waals surface area contributed by atoms with Gasteiger partial charge in [0, 0.05) is 30.3 Å². The Morgan fingerprint density at radius 3 is 2.03 bits per heavy atom. The molecule has 0 radical (unpaired) electrons. The summed E-state index contributed by atoms with van der Waals surface area (Å²) < 4.78 is 178. The summed E-state index contributed by atoms with van der Waals surface area (Å²) in [6.07, 6.45) is -16.1. The van der Waals surface area contributed by atoms with Gasteiger partial charge in [-0.2, -0.15) is 44.6 Å². The van der Waals surface area contributed by atoms with Crippen molar-refractivity contribution in [1.29, 1.82) is 0 Å². The van der Waals surface area contributed by atoms with Crippen LogP contribution in [0.3, 0.4) is 0 Å². The van der Waals surface area contributed by atoms with E-state index in [0.29, 0.717) is 48.9 Å². The van der Waals surface area contributed by atoms with Gasteiger partial charge in [0.25, 0.3) is 0 Å². The van der Waals surface area contributed by atoms with E-state index in [4.69, 9.17) is 19.6 Å². The molecule has 0 unspecified atom stereocenters. The fourth-order valence-corrected chi connectivity index (χ4v) is 7.94. The largest absolute Gasteiger partial charge is 0.524 e. The topological polar surface area (TPSA) is 155 Å². The Balaban J connectivity index is 1.31. The average molecular weight is 964 g/mol. The minimum Gasteiger partial charge on any atom is -0.444 e. The number of alkyl carbamates (subject to hydrolysis) is 1. The molecule has 0 fully saturated rings. The minimum absolute atomic E-state index is 0.0226. The number of hydrogen-bond donors (Lipinski definition) is 4. The molecular weight excluding hydrogens is 926 g/mol. The molecule has 4 aromatic carbocycles. The fourth-order valence-electron chi connectivity index (χ4n) is 7.52. The van der Waals surface area contributed by atoms with Gasteiger partial charge in [0.05, 0.1) is 45.0 Å². The molecule has 0 saturated carbocycles. The number of halogens is 11. The molecule has 24 heteroatoms. The highest BCUT2D eigenvalue weighted by atomic mass is 31.2. The van der Waals surface area contributed by atoms with Crippen molar-refractivity contribution in [3.8, 4) is 22.7 Å². The Bertz CT molecular complexity index is 2730. The van der Waals surface area contributed by atoms with E-state index in [1.807, 2.05) is 19.2 Å². The second-order valence-corrected chi connectivity index (χ2v) is 16.5. The summed E-state index contributed by atoms with van der Waals surface area (Å²) in [7, 11) is -5.40. The summed E-state index contributed by atoms with van der Waals surface area (Å²) in [5.74, 6) is -3.64. The number of ether oxygens (including phenoxy) is 1. The van der Waals surface area contributed by atoms with Crippen LogP contribution >= 0.6 is 7.82 Å². The van der Waals surface area contributed by atoms with E-state index in [1.165, 1.54) is 9.58 Å². The van der Waals surface area contributed by atoms with Crippen molar-refractivity contribution in [1.82, 2.24) is 20.0 Å². The molecule has 1 aliphatic heterocycles. The van der Waals surface area contributed by atoms with Crippen LogP contribution in [0.1, 0.15) is 77.9 Å². The Morgan fingerprint density at radius 2 is 1.45 bits per heavy atom. The van der Waals surface area contributed by atoms with Crippen LogP contribution < -0.4 is 15.2 Å². The Morgan fingerprint density at radius 1 is 0.818 bits per heavy atom. The molecule has 1 aliphatic rings. The lowest BCUT2D eigenvalue weighted by molar-refractivity contribution is -0.144. The number of nitrogens with zero attached hydrogens (tertiary/aromatic N) is 3. The highest BCUT2D eigenvalue weighted by Crippen LogP contribution is 2.48. The van der Waals surface area contributed by atoms with Gasteiger partial charge in [-0.15, -0.1) is 0 Å². The van der Waals surface area contributed by atoms with Crippen molar-refractivity contribution in [2.24, 2.45) is 0 Å². The Kier molecular flexibility index (Phi) is 13.5. The normalized spacial score (nSPS) is 14.3. The molecule has 0 spiro atoms. The van der Waals surface area contributed by atoms with Crippen LogP contribution in [-0.4, -0.2) is 36.6 Å². The summed E-state index contributed by atoms with van der Waals surface area (Å²) in [6.45, 7) is 5.22. The van der Waals surface area contributed by atoms with E-state index < -0.39 is 108 Å². The first-order valence-corrected chi connectivity index (χ1v) is 21.0. The van der Waals surface area contributed by atoms with Gasteiger partial charge in [-0.05, 0) is 79.3 Å². The van der Waals surface area contributed by atoms with Crippen molar-refractivity contribution in [3.05, 3.63) is 129 Å². The number of alkyl halides is 9. The second kappa shape index (κ2) is 18.0. The number of benzene rings is 4. The highest BCUT2D eigenvalue weighted by Gasteiger charge is 2.46. The summed E-state index contributed by atoms with van der Waals surface area (Å²) in [5, 5.41) is 8.41. The van der Waals surface area contributed by atoms with Gasteiger partial charge in [0.2, 0.25) is 0 Å². The van der Waals surface area contributed by atoms with Crippen molar-refractivity contribution < 1.29 is 81.5 Å². The number of phosphoric acid groups is 1. The van der Waals surface area contributed by atoms with E-state index >= 15 is 8.78 Å². The molecule has 4 N–H and O–H groups in total. The standard InChI is InChI=1S/C42H37F11N5O7P/c1-5-22-8-7-9-23(6-2)34(22)58-35(27-19-57(39(3,4)36(27)56-58)18-24-11-12-25(40(45,46)47)15-28(24)41(48,49)50)26-16-31(44)32(17-30(26)43)54-37(59)55-38(60)64-20-21-10-13-33(65-66(61,62)63)29(14-21)42(51,52)53/h7-17H,5-6,18-20H2,1-4H3,(H2,61,62,63)(H2,54,55,59,60). The third kappa shape index (κ3) is 10.5. The second-order valence-electron chi connectivity index (χ2n) is 15.4. The first-order chi connectivity index (χ1) is 30.5. The number of urea groups is 1. The SMILES string of the molecule is CCc1cccc(CC)c1-n1nc2c(c1-c1cc(F)c(NC(=O)NC(=O)OCc3ccc(OP(=O)(O)O)c(C(F)(F)F)c3)cc1F)CN(Cc1ccc(C(F)(F)F)cc1C(F)(F)F)C2(C)C. The Hall–Kier alpha value is -6.03. The molecule has 0 saturated heterocycles. The number of rotatable bonds is 11. The van der Waals surface area contributed by atoms with Gasteiger partial charge in [-0.3, -0.25) is 14.7 Å². The molecule has 0 atom stereocenters. The van der Waals surface area contributed by atoms with Crippen LogP contribution in [0.15, 0.2) is 66.7 Å². The molecular formula is C42H37F11N5O7P. The monoisotopic (exact) mass is 963 g/mol. The van der Waals surface area contributed by atoms with E-state index in [0.717, 1.165) is 23.3 Å². The number of phosphoric ester groups is 1. The third-order valence-electron chi connectivity index (χ3n) is 10.7. The first kappa shape index (κ1) is 49.4. The number of carbonyl (C=O) groups is 2. The zero-order valence-corrected chi connectivity index (χ0v) is 35.7. The predicted octanol–water partition coefficient (Wildman–Crippen LogP) is 11.2. The summed E-state index contributed by atoms with van der Waals surface area (Å²) in [4.78, 5) is 44.5. The average Bonchev–Trinajstić information content (AvgIpc) is 3.69. The number of fused-ring (bicyclic) bond motifs is 1. The van der Waals surface area contributed by atoms with Gasteiger partial charge in [0.15, 0.2) is 0 Å². The molecule has 5 aromatic rings. The van der Waals surface area contributed by atoms with E-state index in [-0.39, 0.29) is 35.1 Å². The zero-order valence-electron chi connectivity index (χ0n) is 34.8. The van der Waals surface area contributed by atoms with Crippen molar-refractivity contribution >= 4 is 25.6 Å². The molecule has 3 amide bonds. The van der Waals surface area contributed by atoms with Crippen LogP contribution in [-0.2, 0) is 65.9 Å². The van der Waals surface area contributed by atoms with Gasteiger partial charge < -0.3 is 14.6 Å². The number of hydrogen-bond acceptors (Lipinski definition) is 7. The van der Waals surface area contributed by atoms with Gasteiger partial charge in [-0.25, -0.2) is 32.9 Å².